The van der Waals surface area contributed by atoms with Gasteiger partial charge in [0.15, 0.2) is 0 Å². The number of aliphatic carboxylic acids is 1. The van der Waals surface area contributed by atoms with E-state index in [0.29, 0.717) is 13.0 Å². The van der Waals surface area contributed by atoms with Gasteiger partial charge in [-0.05, 0) is 43.9 Å². The molecule has 1 aromatic rings. The maximum atomic E-state index is 10.9. The second-order valence-corrected chi connectivity index (χ2v) is 4.50. The molecule has 1 fully saturated rings. The number of carbonyl (C=O) groups is 1. The van der Waals surface area contributed by atoms with E-state index < -0.39 is 11.4 Å². The van der Waals surface area contributed by atoms with E-state index in [2.05, 4.69) is 0 Å². The Balaban J connectivity index is 1.83. The van der Waals surface area contributed by atoms with Crippen molar-refractivity contribution in [2.45, 2.75) is 26.2 Å². The minimum atomic E-state index is -0.680. The number of ether oxygens (including phenoxy) is 1. The van der Waals surface area contributed by atoms with E-state index in [1.807, 2.05) is 31.2 Å². The number of hydrogen-bond acceptors (Lipinski definition) is 2. The Kier molecular flexibility index (Phi) is 2.86. The fraction of sp³-hybridized carbons (Fsp3) is 0.462. The van der Waals surface area contributed by atoms with Crippen LogP contribution in [-0.2, 0) is 4.79 Å². The lowest BCUT2D eigenvalue weighted by molar-refractivity contribution is -0.143. The van der Waals surface area contributed by atoms with Crippen molar-refractivity contribution in [3.8, 4) is 5.75 Å². The maximum absolute atomic E-state index is 10.9. The van der Waals surface area contributed by atoms with Gasteiger partial charge in [-0.15, -0.1) is 0 Å². The average Bonchev–Trinajstić information content (AvgIpc) is 2.99. The first kappa shape index (κ1) is 11.0. The van der Waals surface area contributed by atoms with Gasteiger partial charge in [-0.3, -0.25) is 4.79 Å². The van der Waals surface area contributed by atoms with Gasteiger partial charge in [0, 0.05) is 0 Å². The van der Waals surface area contributed by atoms with Crippen LogP contribution in [0.4, 0.5) is 0 Å². The van der Waals surface area contributed by atoms with Crippen molar-refractivity contribution in [1.82, 2.24) is 0 Å². The average molecular weight is 220 g/mol. The topological polar surface area (TPSA) is 46.5 Å². The summed E-state index contributed by atoms with van der Waals surface area (Å²) >= 11 is 0. The van der Waals surface area contributed by atoms with Crippen LogP contribution in [0.15, 0.2) is 24.3 Å². The van der Waals surface area contributed by atoms with Crippen LogP contribution in [0.2, 0.25) is 0 Å². The molecule has 1 aliphatic carbocycles. The van der Waals surface area contributed by atoms with Crippen molar-refractivity contribution < 1.29 is 14.6 Å². The summed E-state index contributed by atoms with van der Waals surface area (Å²) in [6, 6.07) is 7.80. The van der Waals surface area contributed by atoms with Crippen LogP contribution in [0.3, 0.4) is 0 Å². The second kappa shape index (κ2) is 4.16. The molecular weight excluding hydrogens is 204 g/mol. The molecule has 16 heavy (non-hydrogen) atoms. The number of hydrogen-bond donors (Lipinski definition) is 1. The van der Waals surface area contributed by atoms with Gasteiger partial charge in [0.2, 0.25) is 0 Å². The van der Waals surface area contributed by atoms with E-state index in [0.717, 1.165) is 24.2 Å². The Morgan fingerprint density at radius 3 is 2.81 bits per heavy atom. The van der Waals surface area contributed by atoms with Gasteiger partial charge in [0.25, 0.3) is 0 Å². The number of carboxylic acids is 1. The van der Waals surface area contributed by atoms with Crippen molar-refractivity contribution in [3.63, 3.8) is 0 Å². The Morgan fingerprint density at radius 1 is 1.50 bits per heavy atom. The number of carboxylic acid groups (broad SMARTS) is 1. The molecule has 0 bridgehead atoms. The van der Waals surface area contributed by atoms with Gasteiger partial charge < -0.3 is 9.84 Å². The lowest BCUT2D eigenvalue weighted by atomic mass is 10.0. The highest BCUT2D eigenvalue weighted by Crippen LogP contribution is 2.48. The second-order valence-electron chi connectivity index (χ2n) is 4.50. The van der Waals surface area contributed by atoms with Crippen LogP contribution >= 0.6 is 0 Å². The minimum absolute atomic E-state index is 0.482. The molecule has 3 nitrogen and oxygen atoms in total. The van der Waals surface area contributed by atoms with E-state index in [9.17, 15) is 4.79 Å². The maximum Gasteiger partial charge on any atom is 0.309 e. The summed E-state index contributed by atoms with van der Waals surface area (Å²) in [5.74, 6) is 0.140. The standard InChI is InChI=1S/C13H16O3/c1-10-3-2-4-11(9-10)16-8-7-13(5-6-13)12(14)15/h2-4,9H,5-8H2,1H3,(H,14,15). The summed E-state index contributed by atoms with van der Waals surface area (Å²) in [6.45, 7) is 2.49. The first-order valence-electron chi connectivity index (χ1n) is 5.55. The summed E-state index contributed by atoms with van der Waals surface area (Å²) in [4.78, 5) is 10.9. The van der Waals surface area contributed by atoms with E-state index in [1.165, 1.54) is 0 Å². The third-order valence-electron chi connectivity index (χ3n) is 3.15. The number of aryl methyl sites for hydroxylation is 1. The predicted octanol–water partition coefficient (Wildman–Crippen LogP) is 2.63. The van der Waals surface area contributed by atoms with Crippen LogP contribution in [0.1, 0.15) is 24.8 Å². The molecule has 0 aromatic heterocycles. The third-order valence-corrected chi connectivity index (χ3v) is 3.15. The Hall–Kier alpha value is -1.51. The van der Waals surface area contributed by atoms with Gasteiger partial charge in [0.1, 0.15) is 5.75 Å². The third kappa shape index (κ3) is 2.35. The monoisotopic (exact) mass is 220 g/mol. The van der Waals surface area contributed by atoms with Gasteiger partial charge in [-0.25, -0.2) is 0 Å². The van der Waals surface area contributed by atoms with Crippen molar-refractivity contribution in [2.24, 2.45) is 5.41 Å². The fourth-order valence-electron chi connectivity index (χ4n) is 1.79. The molecule has 0 saturated heterocycles. The van der Waals surface area contributed by atoms with Crippen LogP contribution in [-0.4, -0.2) is 17.7 Å². The molecule has 0 radical (unpaired) electrons. The molecule has 0 aliphatic heterocycles. The van der Waals surface area contributed by atoms with Gasteiger partial charge in [-0.2, -0.15) is 0 Å². The lowest BCUT2D eigenvalue weighted by Crippen LogP contribution is -2.17. The molecule has 1 aromatic carbocycles. The van der Waals surface area contributed by atoms with E-state index in [4.69, 9.17) is 9.84 Å². The van der Waals surface area contributed by atoms with E-state index >= 15 is 0 Å². The Bertz CT molecular complexity index is 394. The quantitative estimate of drug-likeness (QED) is 0.829. The zero-order valence-electron chi connectivity index (χ0n) is 9.40. The Labute approximate surface area is 95.0 Å². The smallest absolute Gasteiger partial charge is 0.309 e. The molecule has 1 saturated carbocycles. The van der Waals surface area contributed by atoms with Crippen molar-refractivity contribution in [1.29, 1.82) is 0 Å². The normalized spacial score (nSPS) is 16.8. The summed E-state index contributed by atoms with van der Waals surface area (Å²) in [6.07, 6.45) is 2.19. The van der Waals surface area contributed by atoms with Gasteiger partial charge >= 0.3 is 5.97 Å². The lowest BCUT2D eigenvalue weighted by Gasteiger charge is -2.11. The predicted molar refractivity (Wildman–Crippen MR) is 60.6 cm³/mol. The van der Waals surface area contributed by atoms with Crippen LogP contribution in [0.25, 0.3) is 0 Å². The summed E-state index contributed by atoms with van der Waals surface area (Å²) in [5, 5.41) is 8.99. The summed E-state index contributed by atoms with van der Waals surface area (Å²) in [7, 11) is 0. The van der Waals surface area contributed by atoms with Crippen molar-refractivity contribution in [2.75, 3.05) is 6.61 Å². The molecular formula is C13H16O3. The molecule has 0 atom stereocenters. The van der Waals surface area contributed by atoms with Crippen LogP contribution in [0, 0.1) is 12.3 Å². The molecule has 0 spiro atoms. The van der Waals surface area contributed by atoms with Crippen LogP contribution in [0.5, 0.6) is 5.75 Å². The molecule has 3 heteroatoms. The SMILES string of the molecule is Cc1cccc(OCCC2(C(=O)O)CC2)c1. The van der Waals surface area contributed by atoms with Gasteiger partial charge in [0.05, 0.1) is 12.0 Å². The molecule has 1 aliphatic rings. The molecule has 86 valence electrons. The first-order chi connectivity index (χ1) is 7.62. The molecule has 2 rings (SSSR count). The zero-order chi connectivity index (χ0) is 11.6. The van der Waals surface area contributed by atoms with Crippen molar-refractivity contribution >= 4 is 5.97 Å². The molecule has 0 amide bonds. The minimum Gasteiger partial charge on any atom is -0.494 e. The molecule has 1 N–H and O–H groups in total. The largest absolute Gasteiger partial charge is 0.494 e. The zero-order valence-corrected chi connectivity index (χ0v) is 9.40. The molecule has 0 heterocycles. The Morgan fingerprint density at radius 2 is 2.25 bits per heavy atom. The highest BCUT2D eigenvalue weighted by Gasteiger charge is 2.49. The number of rotatable bonds is 5. The van der Waals surface area contributed by atoms with E-state index in [-0.39, 0.29) is 0 Å². The highest BCUT2D eigenvalue weighted by molar-refractivity contribution is 5.77. The van der Waals surface area contributed by atoms with Crippen LogP contribution < -0.4 is 4.74 Å². The molecule has 0 unspecified atom stereocenters. The fourth-order valence-corrected chi connectivity index (χ4v) is 1.79. The van der Waals surface area contributed by atoms with E-state index in [1.54, 1.807) is 0 Å². The highest BCUT2D eigenvalue weighted by atomic mass is 16.5. The number of benzene rings is 1. The first-order valence-corrected chi connectivity index (χ1v) is 5.55. The van der Waals surface area contributed by atoms with Gasteiger partial charge in [-0.1, -0.05) is 12.1 Å². The van der Waals surface area contributed by atoms with Crippen molar-refractivity contribution in [3.05, 3.63) is 29.8 Å². The summed E-state index contributed by atoms with van der Waals surface area (Å²) in [5.41, 5.74) is 0.668. The summed E-state index contributed by atoms with van der Waals surface area (Å²) < 4.78 is 5.55.